The van der Waals surface area contributed by atoms with Crippen LogP contribution in [0.25, 0.3) is 22.3 Å². The Bertz CT molecular complexity index is 1510. The molecule has 0 atom stereocenters. The zero-order chi connectivity index (χ0) is 23.8. The third-order valence-electron chi connectivity index (χ3n) is 6.51. The van der Waals surface area contributed by atoms with Gasteiger partial charge in [-0.3, -0.25) is 4.79 Å². The summed E-state index contributed by atoms with van der Waals surface area (Å²) < 4.78 is 12.7. The van der Waals surface area contributed by atoms with Crippen LogP contribution in [0, 0.1) is 0 Å². The highest BCUT2D eigenvalue weighted by molar-refractivity contribution is 6.06. The molecule has 3 aromatic heterocycles. The molecule has 0 radical (unpaired) electrons. The Morgan fingerprint density at radius 1 is 1.06 bits per heavy atom. The van der Waals surface area contributed by atoms with E-state index in [9.17, 15) is 4.79 Å². The Labute approximate surface area is 202 Å². The zero-order valence-corrected chi connectivity index (χ0v) is 19.3. The topological polar surface area (TPSA) is 73.4 Å². The van der Waals surface area contributed by atoms with Crippen LogP contribution in [-0.2, 0) is 19.5 Å². The Morgan fingerprint density at radius 3 is 2.74 bits per heavy atom. The van der Waals surface area contributed by atoms with Gasteiger partial charge in [-0.25, -0.2) is 9.67 Å². The fourth-order valence-electron chi connectivity index (χ4n) is 4.65. The third kappa shape index (κ3) is 3.95. The largest absolute Gasteiger partial charge is 0.497 e. The number of amides is 1. The number of nitrogens with zero attached hydrogens (tertiary/aromatic N) is 4. The predicted molar refractivity (Wildman–Crippen MR) is 132 cm³/mol. The maximum Gasteiger partial charge on any atom is 0.255 e. The molecule has 4 heterocycles. The fraction of sp³-hybridized carbons (Fsp3) is 0.179. The van der Waals surface area contributed by atoms with Crippen molar-refractivity contribution < 1.29 is 13.9 Å². The number of furan rings is 1. The first-order chi connectivity index (χ1) is 17.2. The van der Waals surface area contributed by atoms with E-state index in [1.54, 1.807) is 24.3 Å². The number of carbonyl (C=O) groups excluding carboxylic acids is 1. The molecule has 0 unspecified atom stereocenters. The van der Waals surface area contributed by atoms with Gasteiger partial charge in [-0.15, -0.1) is 0 Å². The zero-order valence-electron chi connectivity index (χ0n) is 19.3. The van der Waals surface area contributed by atoms with Crippen LogP contribution < -0.4 is 4.74 Å². The van der Waals surface area contributed by atoms with Crippen molar-refractivity contribution in [3.8, 4) is 17.0 Å². The van der Waals surface area contributed by atoms with Gasteiger partial charge >= 0.3 is 0 Å². The van der Waals surface area contributed by atoms with Gasteiger partial charge in [-0.05, 0) is 47.9 Å². The van der Waals surface area contributed by atoms with Crippen LogP contribution in [0.3, 0.4) is 0 Å². The Hall–Kier alpha value is -4.39. The molecule has 7 heteroatoms. The van der Waals surface area contributed by atoms with Crippen molar-refractivity contribution in [2.45, 2.75) is 19.5 Å². The number of pyridine rings is 1. The number of fused-ring (bicyclic) bond motifs is 2. The van der Waals surface area contributed by atoms with E-state index < -0.39 is 0 Å². The van der Waals surface area contributed by atoms with Gasteiger partial charge < -0.3 is 14.1 Å². The second-order valence-corrected chi connectivity index (χ2v) is 8.65. The summed E-state index contributed by atoms with van der Waals surface area (Å²) in [5.41, 5.74) is 5.32. The molecule has 7 nitrogen and oxygen atoms in total. The minimum atomic E-state index is -0.0272. The molecule has 35 heavy (non-hydrogen) atoms. The second-order valence-electron chi connectivity index (χ2n) is 8.65. The molecule has 1 aliphatic rings. The summed E-state index contributed by atoms with van der Waals surface area (Å²) in [6.07, 6.45) is 4.18. The molecule has 0 aliphatic carbocycles. The number of rotatable bonds is 5. The van der Waals surface area contributed by atoms with E-state index in [4.69, 9.17) is 14.1 Å². The monoisotopic (exact) mass is 464 g/mol. The number of ether oxygens (including phenoxy) is 1. The molecule has 5 aromatic rings. The predicted octanol–water partition coefficient (Wildman–Crippen LogP) is 4.95. The average Bonchev–Trinajstić information content (AvgIpc) is 3.58. The second kappa shape index (κ2) is 8.76. The Morgan fingerprint density at radius 2 is 1.94 bits per heavy atom. The minimum absolute atomic E-state index is 0.0272. The van der Waals surface area contributed by atoms with Crippen LogP contribution in [-0.4, -0.2) is 39.2 Å². The highest BCUT2D eigenvalue weighted by atomic mass is 16.5. The van der Waals surface area contributed by atoms with Crippen molar-refractivity contribution >= 4 is 16.9 Å². The molecule has 0 bridgehead atoms. The molecule has 1 aliphatic heterocycles. The van der Waals surface area contributed by atoms with Gasteiger partial charge in [-0.1, -0.05) is 36.4 Å². The summed E-state index contributed by atoms with van der Waals surface area (Å²) in [5.74, 6) is 1.55. The fourth-order valence-corrected chi connectivity index (χ4v) is 4.65. The first-order valence-electron chi connectivity index (χ1n) is 11.6. The van der Waals surface area contributed by atoms with Gasteiger partial charge in [-0.2, -0.15) is 5.10 Å². The van der Waals surface area contributed by atoms with Crippen LogP contribution in [0.15, 0.2) is 83.6 Å². The van der Waals surface area contributed by atoms with E-state index in [-0.39, 0.29) is 5.91 Å². The smallest absolute Gasteiger partial charge is 0.255 e. The van der Waals surface area contributed by atoms with Crippen LogP contribution in [0.5, 0.6) is 5.75 Å². The van der Waals surface area contributed by atoms with E-state index in [1.807, 2.05) is 65.6 Å². The molecule has 6 rings (SSSR count). The van der Waals surface area contributed by atoms with Crippen LogP contribution in [0.2, 0.25) is 0 Å². The SMILES string of the molecule is COc1ccc2c(c1)CN(C(=O)c1cc(-c3ccccc3)nc3c1cnn3Cc1ccco1)CC2. The molecule has 0 saturated carbocycles. The van der Waals surface area contributed by atoms with Crippen molar-refractivity contribution in [1.29, 1.82) is 0 Å². The Kier molecular flexibility index (Phi) is 5.29. The summed E-state index contributed by atoms with van der Waals surface area (Å²) >= 11 is 0. The molecule has 0 fully saturated rings. The van der Waals surface area contributed by atoms with E-state index in [0.717, 1.165) is 40.1 Å². The lowest BCUT2D eigenvalue weighted by molar-refractivity contribution is 0.0736. The molecule has 174 valence electrons. The first kappa shape index (κ1) is 21.2. The standard InChI is InChI=1S/C28H24N4O3/c1-34-22-10-9-19-11-12-31(17-21(19)14-22)28(33)24-15-26(20-6-3-2-4-7-20)30-27-25(24)16-29-32(27)18-23-8-5-13-35-23/h2-10,13-16H,11-12,17-18H2,1H3. The van der Waals surface area contributed by atoms with Crippen molar-refractivity contribution in [2.24, 2.45) is 0 Å². The van der Waals surface area contributed by atoms with Gasteiger partial charge in [0, 0.05) is 18.7 Å². The molecule has 0 spiro atoms. The maximum atomic E-state index is 13.9. The van der Waals surface area contributed by atoms with Crippen molar-refractivity contribution in [3.05, 3.63) is 102 Å². The van der Waals surface area contributed by atoms with Crippen molar-refractivity contribution in [1.82, 2.24) is 19.7 Å². The maximum absolute atomic E-state index is 13.9. The van der Waals surface area contributed by atoms with E-state index in [1.165, 1.54) is 5.56 Å². The first-order valence-corrected chi connectivity index (χ1v) is 11.6. The lowest BCUT2D eigenvalue weighted by Crippen LogP contribution is -2.36. The number of carbonyl (C=O) groups is 1. The molecule has 0 saturated heterocycles. The van der Waals surface area contributed by atoms with Crippen molar-refractivity contribution in [2.75, 3.05) is 13.7 Å². The number of hydrogen-bond donors (Lipinski definition) is 0. The quantitative estimate of drug-likeness (QED) is 0.368. The number of aromatic nitrogens is 3. The molecular weight excluding hydrogens is 440 g/mol. The molecule has 0 N–H and O–H groups in total. The minimum Gasteiger partial charge on any atom is -0.497 e. The summed E-state index contributed by atoms with van der Waals surface area (Å²) in [6, 6.07) is 21.6. The number of hydrogen-bond acceptors (Lipinski definition) is 5. The molecular formula is C28H24N4O3. The van der Waals surface area contributed by atoms with Crippen LogP contribution in [0.1, 0.15) is 27.2 Å². The Balaban J connectivity index is 1.42. The van der Waals surface area contributed by atoms with Gasteiger partial charge in [0.1, 0.15) is 18.1 Å². The number of benzene rings is 2. The lowest BCUT2D eigenvalue weighted by Gasteiger charge is -2.29. The van der Waals surface area contributed by atoms with Crippen LogP contribution >= 0.6 is 0 Å². The van der Waals surface area contributed by atoms with Crippen molar-refractivity contribution in [3.63, 3.8) is 0 Å². The normalized spacial score (nSPS) is 13.1. The van der Waals surface area contributed by atoms with Gasteiger partial charge in [0.15, 0.2) is 5.65 Å². The summed E-state index contributed by atoms with van der Waals surface area (Å²) in [5, 5.41) is 5.29. The molecule has 1 amide bonds. The highest BCUT2D eigenvalue weighted by Gasteiger charge is 2.26. The molecule has 2 aromatic carbocycles. The summed E-state index contributed by atoms with van der Waals surface area (Å²) in [4.78, 5) is 20.7. The third-order valence-corrected chi connectivity index (χ3v) is 6.51. The lowest BCUT2D eigenvalue weighted by atomic mass is 9.98. The van der Waals surface area contributed by atoms with E-state index in [2.05, 4.69) is 11.2 Å². The van der Waals surface area contributed by atoms with E-state index in [0.29, 0.717) is 30.8 Å². The highest BCUT2D eigenvalue weighted by Crippen LogP contribution is 2.29. The average molecular weight is 465 g/mol. The summed E-state index contributed by atoms with van der Waals surface area (Å²) in [6.45, 7) is 1.63. The summed E-state index contributed by atoms with van der Waals surface area (Å²) in [7, 11) is 1.66. The number of methoxy groups -OCH3 is 1. The van der Waals surface area contributed by atoms with Crippen LogP contribution in [0.4, 0.5) is 0 Å². The van der Waals surface area contributed by atoms with Gasteiger partial charge in [0.25, 0.3) is 5.91 Å². The van der Waals surface area contributed by atoms with Gasteiger partial charge in [0.2, 0.25) is 0 Å². The van der Waals surface area contributed by atoms with E-state index >= 15 is 0 Å². The van der Waals surface area contributed by atoms with Gasteiger partial charge in [0.05, 0.1) is 36.2 Å².